The fraction of sp³-hybridized carbons (Fsp3) is 0.214. The van der Waals surface area contributed by atoms with Crippen LogP contribution in [-0.4, -0.2) is 12.4 Å². The number of nitrogens with two attached hydrogens (primary N) is 1. The number of thiophene rings is 1. The molecule has 21 heavy (non-hydrogen) atoms. The van der Waals surface area contributed by atoms with Gasteiger partial charge in [-0.05, 0) is 40.6 Å². The Hall–Kier alpha value is -2.02. The minimum atomic E-state index is -4.55. The lowest BCUT2D eigenvalue weighted by molar-refractivity contribution is -0.138. The lowest BCUT2D eigenvalue weighted by Gasteiger charge is -2.15. The molecule has 112 valence electrons. The molecule has 0 aliphatic heterocycles. The van der Waals surface area contributed by atoms with E-state index < -0.39 is 17.6 Å². The number of halogens is 3. The molecular formula is C14H13F3N2OS. The summed E-state index contributed by atoms with van der Waals surface area (Å²) in [5, 5.41) is 11.0. The van der Waals surface area contributed by atoms with E-state index in [0.29, 0.717) is 6.42 Å². The summed E-state index contributed by atoms with van der Waals surface area (Å²) in [5.41, 5.74) is 5.34. The Balaban J connectivity index is 2.16. The van der Waals surface area contributed by atoms with E-state index in [1.165, 1.54) is 23.5 Å². The monoisotopic (exact) mass is 314 g/mol. The van der Waals surface area contributed by atoms with Crippen molar-refractivity contribution < 1.29 is 17.9 Å². The van der Waals surface area contributed by atoms with E-state index in [9.17, 15) is 13.2 Å². The second-order valence-electron chi connectivity index (χ2n) is 4.35. The van der Waals surface area contributed by atoms with Crippen molar-refractivity contribution >= 4 is 17.2 Å². The highest BCUT2D eigenvalue weighted by molar-refractivity contribution is 7.07. The van der Waals surface area contributed by atoms with Crippen LogP contribution in [0, 0.1) is 5.41 Å². The maximum Gasteiger partial charge on any atom is 0.419 e. The van der Waals surface area contributed by atoms with Gasteiger partial charge in [0.15, 0.2) is 0 Å². The highest BCUT2D eigenvalue weighted by Crippen LogP contribution is 2.36. The lowest BCUT2D eigenvalue weighted by atomic mass is 10.1. The SMILES string of the molecule is N=C(N)c1ccc(OCCc2ccsc2)c(C(F)(F)F)c1. The van der Waals surface area contributed by atoms with Crippen molar-refractivity contribution in [3.8, 4) is 5.75 Å². The van der Waals surface area contributed by atoms with E-state index in [1.807, 2.05) is 16.8 Å². The van der Waals surface area contributed by atoms with Crippen LogP contribution in [0.1, 0.15) is 16.7 Å². The van der Waals surface area contributed by atoms with Crippen molar-refractivity contribution in [3.63, 3.8) is 0 Å². The van der Waals surface area contributed by atoms with Crippen molar-refractivity contribution in [2.75, 3.05) is 6.61 Å². The molecule has 1 aromatic carbocycles. The number of benzene rings is 1. The zero-order valence-electron chi connectivity index (χ0n) is 10.9. The van der Waals surface area contributed by atoms with Crippen LogP contribution in [0.4, 0.5) is 13.2 Å². The summed E-state index contributed by atoms with van der Waals surface area (Å²) in [7, 11) is 0. The Morgan fingerprint density at radius 3 is 2.62 bits per heavy atom. The van der Waals surface area contributed by atoms with E-state index >= 15 is 0 Å². The van der Waals surface area contributed by atoms with Gasteiger partial charge in [-0.3, -0.25) is 5.41 Å². The number of amidine groups is 1. The van der Waals surface area contributed by atoms with E-state index in [4.69, 9.17) is 15.9 Å². The molecule has 0 spiro atoms. The molecule has 0 radical (unpaired) electrons. The normalized spacial score (nSPS) is 11.4. The van der Waals surface area contributed by atoms with Crippen LogP contribution in [-0.2, 0) is 12.6 Å². The summed E-state index contributed by atoms with van der Waals surface area (Å²) in [6.07, 6.45) is -4.02. The molecule has 0 aliphatic rings. The summed E-state index contributed by atoms with van der Waals surface area (Å²) in [5.74, 6) is -0.659. The van der Waals surface area contributed by atoms with Crippen LogP contribution >= 0.6 is 11.3 Å². The number of nitrogens with one attached hydrogen (secondary N) is 1. The molecule has 2 aromatic rings. The van der Waals surface area contributed by atoms with Crippen LogP contribution in [0.2, 0.25) is 0 Å². The smallest absolute Gasteiger partial charge is 0.419 e. The summed E-state index contributed by atoms with van der Waals surface area (Å²) < 4.78 is 44.3. The predicted molar refractivity (Wildman–Crippen MR) is 76.0 cm³/mol. The number of hydrogen-bond donors (Lipinski definition) is 2. The van der Waals surface area contributed by atoms with Gasteiger partial charge in [-0.1, -0.05) is 0 Å². The fourth-order valence-corrected chi connectivity index (χ4v) is 2.46. The minimum absolute atomic E-state index is 0.0208. The third-order valence-corrected chi connectivity index (χ3v) is 3.56. The molecule has 1 aromatic heterocycles. The molecule has 0 saturated carbocycles. The lowest BCUT2D eigenvalue weighted by Crippen LogP contribution is -2.15. The molecule has 1 heterocycles. The number of rotatable bonds is 5. The summed E-state index contributed by atoms with van der Waals surface area (Å²) >= 11 is 1.53. The topological polar surface area (TPSA) is 59.1 Å². The van der Waals surface area contributed by atoms with Crippen molar-refractivity contribution in [1.29, 1.82) is 5.41 Å². The Kier molecular flexibility index (Phi) is 4.52. The van der Waals surface area contributed by atoms with Gasteiger partial charge in [0.2, 0.25) is 0 Å². The molecule has 7 heteroatoms. The third-order valence-electron chi connectivity index (χ3n) is 2.82. The van der Waals surface area contributed by atoms with Gasteiger partial charge in [0.25, 0.3) is 0 Å². The average Bonchev–Trinajstić information content (AvgIpc) is 2.90. The second kappa shape index (κ2) is 6.17. The van der Waals surface area contributed by atoms with Gasteiger partial charge in [-0.15, -0.1) is 0 Å². The van der Waals surface area contributed by atoms with Gasteiger partial charge < -0.3 is 10.5 Å². The van der Waals surface area contributed by atoms with Gasteiger partial charge in [-0.25, -0.2) is 0 Å². The van der Waals surface area contributed by atoms with Gasteiger partial charge in [0, 0.05) is 12.0 Å². The molecule has 0 amide bonds. The number of hydrogen-bond acceptors (Lipinski definition) is 3. The fourth-order valence-electron chi connectivity index (χ4n) is 1.76. The maximum atomic E-state index is 13.0. The number of ether oxygens (including phenoxy) is 1. The molecule has 0 unspecified atom stereocenters. The summed E-state index contributed by atoms with van der Waals surface area (Å²) in [4.78, 5) is 0. The van der Waals surface area contributed by atoms with Crippen LogP contribution in [0.5, 0.6) is 5.75 Å². The van der Waals surface area contributed by atoms with Gasteiger partial charge in [0.1, 0.15) is 11.6 Å². The van der Waals surface area contributed by atoms with Crippen LogP contribution in [0.25, 0.3) is 0 Å². The zero-order valence-corrected chi connectivity index (χ0v) is 11.7. The van der Waals surface area contributed by atoms with E-state index in [0.717, 1.165) is 11.6 Å². The quantitative estimate of drug-likeness (QED) is 0.653. The molecule has 2 rings (SSSR count). The number of nitrogen functional groups attached to an aromatic ring is 1. The largest absolute Gasteiger partial charge is 0.493 e. The summed E-state index contributed by atoms with van der Waals surface area (Å²) in [6, 6.07) is 5.28. The molecule has 3 nitrogen and oxygen atoms in total. The first kappa shape index (κ1) is 15.4. The number of alkyl halides is 3. The van der Waals surface area contributed by atoms with Crippen molar-refractivity contribution in [3.05, 3.63) is 51.7 Å². The van der Waals surface area contributed by atoms with Crippen molar-refractivity contribution in [2.24, 2.45) is 5.73 Å². The van der Waals surface area contributed by atoms with Crippen molar-refractivity contribution in [2.45, 2.75) is 12.6 Å². The summed E-state index contributed by atoms with van der Waals surface area (Å²) in [6.45, 7) is 0.152. The molecular weight excluding hydrogens is 301 g/mol. The first-order valence-corrected chi connectivity index (χ1v) is 7.01. The van der Waals surface area contributed by atoms with E-state index in [-0.39, 0.29) is 17.9 Å². The van der Waals surface area contributed by atoms with E-state index in [1.54, 1.807) is 0 Å². The molecule has 0 bridgehead atoms. The maximum absolute atomic E-state index is 13.0. The highest BCUT2D eigenvalue weighted by atomic mass is 32.1. The Morgan fingerprint density at radius 1 is 1.29 bits per heavy atom. The minimum Gasteiger partial charge on any atom is -0.493 e. The molecule has 3 N–H and O–H groups in total. The van der Waals surface area contributed by atoms with Crippen molar-refractivity contribution in [1.82, 2.24) is 0 Å². The molecule has 0 atom stereocenters. The van der Waals surface area contributed by atoms with Crippen LogP contribution < -0.4 is 10.5 Å². The predicted octanol–water partition coefficient (Wildman–Crippen LogP) is 3.67. The molecule has 0 saturated heterocycles. The van der Waals surface area contributed by atoms with Crippen LogP contribution in [0.15, 0.2) is 35.0 Å². The van der Waals surface area contributed by atoms with E-state index in [2.05, 4.69) is 0 Å². The first-order chi connectivity index (χ1) is 9.88. The first-order valence-electron chi connectivity index (χ1n) is 6.07. The molecule has 0 aliphatic carbocycles. The van der Waals surface area contributed by atoms with Crippen LogP contribution in [0.3, 0.4) is 0 Å². The van der Waals surface area contributed by atoms with Gasteiger partial charge in [0.05, 0.1) is 12.2 Å². The highest BCUT2D eigenvalue weighted by Gasteiger charge is 2.34. The zero-order chi connectivity index (χ0) is 15.5. The van der Waals surface area contributed by atoms with Gasteiger partial charge >= 0.3 is 6.18 Å². The molecule has 0 fully saturated rings. The standard InChI is InChI=1S/C14H13F3N2OS/c15-14(16,17)11-7-10(13(18)19)1-2-12(11)20-5-3-9-4-6-21-8-9/h1-2,4,6-8H,3,5H2,(H3,18,19). The Morgan fingerprint density at radius 2 is 2.05 bits per heavy atom. The van der Waals surface area contributed by atoms with Gasteiger partial charge in [-0.2, -0.15) is 24.5 Å². The average molecular weight is 314 g/mol. The third kappa shape index (κ3) is 3.98. The second-order valence-corrected chi connectivity index (χ2v) is 5.13. The Bertz CT molecular complexity index is 624. The Labute approximate surface area is 123 Å².